The quantitative estimate of drug-likeness (QED) is 0.473. The maximum absolute atomic E-state index is 11.7. The van der Waals surface area contributed by atoms with Crippen molar-refractivity contribution in [3.63, 3.8) is 0 Å². The number of carbonyl (C=O) groups excluding carboxylic acids is 1. The van der Waals surface area contributed by atoms with Crippen LogP contribution in [0.5, 0.6) is 0 Å². The van der Waals surface area contributed by atoms with Crippen LogP contribution in [0.4, 0.5) is 0 Å². The highest BCUT2D eigenvalue weighted by Gasteiger charge is 2.11. The van der Waals surface area contributed by atoms with E-state index in [2.05, 4.69) is 34.7 Å². The van der Waals surface area contributed by atoms with Gasteiger partial charge in [-0.3, -0.25) is 0 Å². The standard InChI is InChI=1S/C15H13IO2/c1-18-15(17)14-5-3-2-4-13(14)12-8-6-11(10-16)7-9-12/h2-9H,10H2,1H3. The van der Waals surface area contributed by atoms with Crippen molar-refractivity contribution in [2.75, 3.05) is 7.11 Å². The first-order valence-corrected chi connectivity index (χ1v) is 7.11. The first-order valence-electron chi connectivity index (χ1n) is 5.59. The fourth-order valence-electron chi connectivity index (χ4n) is 1.80. The molecule has 2 nitrogen and oxygen atoms in total. The number of benzene rings is 2. The molecule has 2 rings (SSSR count). The maximum atomic E-state index is 11.7. The molecule has 18 heavy (non-hydrogen) atoms. The molecule has 0 amide bonds. The highest BCUT2D eigenvalue weighted by Crippen LogP contribution is 2.25. The molecule has 0 radical (unpaired) electrons. The van der Waals surface area contributed by atoms with E-state index in [-0.39, 0.29) is 5.97 Å². The molecule has 0 saturated heterocycles. The molecule has 0 aliphatic carbocycles. The van der Waals surface area contributed by atoms with Crippen molar-refractivity contribution in [2.24, 2.45) is 0 Å². The van der Waals surface area contributed by atoms with Gasteiger partial charge in [0.15, 0.2) is 0 Å². The summed E-state index contributed by atoms with van der Waals surface area (Å²) >= 11 is 2.33. The maximum Gasteiger partial charge on any atom is 0.338 e. The zero-order valence-corrected chi connectivity index (χ0v) is 12.2. The Kier molecular flexibility index (Phi) is 4.36. The molecule has 0 heterocycles. The van der Waals surface area contributed by atoms with Crippen LogP contribution in [-0.4, -0.2) is 13.1 Å². The number of rotatable bonds is 3. The van der Waals surface area contributed by atoms with E-state index in [0.29, 0.717) is 5.56 Å². The average molecular weight is 352 g/mol. The molecule has 0 aliphatic rings. The first-order chi connectivity index (χ1) is 8.76. The summed E-state index contributed by atoms with van der Waals surface area (Å²) in [4.78, 5) is 11.7. The highest BCUT2D eigenvalue weighted by molar-refractivity contribution is 14.1. The van der Waals surface area contributed by atoms with Crippen molar-refractivity contribution in [2.45, 2.75) is 4.43 Å². The molecule has 0 aliphatic heterocycles. The molecule has 0 unspecified atom stereocenters. The van der Waals surface area contributed by atoms with Gasteiger partial charge in [0.1, 0.15) is 0 Å². The van der Waals surface area contributed by atoms with Crippen molar-refractivity contribution in [1.82, 2.24) is 0 Å². The number of alkyl halides is 1. The van der Waals surface area contributed by atoms with Crippen molar-refractivity contribution < 1.29 is 9.53 Å². The van der Waals surface area contributed by atoms with Gasteiger partial charge >= 0.3 is 5.97 Å². The Bertz CT molecular complexity index is 547. The van der Waals surface area contributed by atoms with Gasteiger partial charge in [-0.15, -0.1) is 0 Å². The van der Waals surface area contributed by atoms with Gasteiger partial charge in [-0.2, -0.15) is 0 Å². The first kappa shape index (κ1) is 13.1. The molecule has 2 aromatic rings. The fourth-order valence-corrected chi connectivity index (χ4v) is 2.30. The summed E-state index contributed by atoms with van der Waals surface area (Å²) in [7, 11) is 1.40. The Hall–Kier alpha value is -1.36. The number of ether oxygens (including phenoxy) is 1. The lowest BCUT2D eigenvalue weighted by atomic mass is 9.99. The second kappa shape index (κ2) is 6.00. The van der Waals surface area contributed by atoms with E-state index in [1.807, 2.05) is 30.3 Å². The molecular weight excluding hydrogens is 339 g/mol. The second-order valence-electron chi connectivity index (χ2n) is 3.87. The highest BCUT2D eigenvalue weighted by atomic mass is 127. The molecule has 92 valence electrons. The zero-order valence-electron chi connectivity index (χ0n) is 10.0. The number of methoxy groups -OCH3 is 1. The summed E-state index contributed by atoms with van der Waals surface area (Å²) in [6, 6.07) is 15.7. The van der Waals surface area contributed by atoms with Gasteiger partial charge in [0, 0.05) is 4.43 Å². The SMILES string of the molecule is COC(=O)c1ccccc1-c1ccc(CI)cc1. The van der Waals surface area contributed by atoms with Crippen molar-refractivity contribution in [3.8, 4) is 11.1 Å². The Morgan fingerprint density at radius 2 is 1.78 bits per heavy atom. The third-order valence-corrected chi connectivity index (χ3v) is 3.63. The molecule has 0 saturated carbocycles. The largest absolute Gasteiger partial charge is 0.465 e. The smallest absolute Gasteiger partial charge is 0.338 e. The number of esters is 1. The van der Waals surface area contributed by atoms with Gasteiger partial charge in [0.05, 0.1) is 12.7 Å². The molecule has 0 bridgehead atoms. The molecule has 0 fully saturated rings. The molecule has 2 aromatic carbocycles. The minimum atomic E-state index is -0.302. The average Bonchev–Trinajstić information content (AvgIpc) is 2.46. The molecule has 3 heteroatoms. The van der Waals surface area contributed by atoms with E-state index in [1.165, 1.54) is 12.7 Å². The van der Waals surface area contributed by atoms with Crippen LogP contribution >= 0.6 is 22.6 Å². The monoisotopic (exact) mass is 352 g/mol. The lowest BCUT2D eigenvalue weighted by Crippen LogP contribution is -2.03. The summed E-state index contributed by atoms with van der Waals surface area (Å²) in [5, 5.41) is 0. The van der Waals surface area contributed by atoms with Gasteiger partial charge in [-0.1, -0.05) is 65.1 Å². The van der Waals surface area contributed by atoms with Crippen LogP contribution < -0.4 is 0 Å². The fraction of sp³-hybridized carbons (Fsp3) is 0.133. The van der Waals surface area contributed by atoms with Gasteiger partial charge in [-0.25, -0.2) is 4.79 Å². The van der Waals surface area contributed by atoms with E-state index in [0.717, 1.165) is 15.6 Å². The van der Waals surface area contributed by atoms with Gasteiger partial charge in [0.2, 0.25) is 0 Å². The van der Waals surface area contributed by atoms with E-state index in [4.69, 9.17) is 4.74 Å². The Morgan fingerprint density at radius 3 is 2.39 bits per heavy atom. The summed E-state index contributed by atoms with van der Waals surface area (Å²) in [5.74, 6) is -0.302. The second-order valence-corrected chi connectivity index (χ2v) is 4.63. The van der Waals surface area contributed by atoms with Crippen LogP contribution in [0.1, 0.15) is 15.9 Å². The summed E-state index contributed by atoms with van der Waals surface area (Å²) in [6.07, 6.45) is 0. The minimum Gasteiger partial charge on any atom is -0.465 e. The minimum absolute atomic E-state index is 0.302. The lowest BCUT2D eigenvalue weighted by Gasteiger charge is -2.08. The van der Waals surface area contributed by atoms with Crippen LogP contribution in [0.2, 0.25) is 0 Å². The number of hydrogen-bond donors (Lipinski definition) is 0. The number of carbonyl (C=O) groups is 1. The third kappa shape index (κ3) is 2.72. The molecule has 0 N–H and O–H groups in total. The lowest BCUT2D eigenvalue weighted by molar-refractivity contribution is 0.0601. The molecule has 0 aromatic heterocycles. The summed E-state index contributed by atoms with van der Waals surface area (Å²) < 4.78 is 5.79. The molecule has 0 atom stereocenters. The van der Waals surface area contributed by atoms with Crippen LogP contribution in [0.15, 0.2) is 48.5 Å². The van der Waals surface area contributed by atoms with E-state index in [9.17, 15) is 4.79 Å². The van der Waals surface area contributed by atoms with Gasteiger partial charge in [0.25, 0.3) is 0 Å². The normalized spacial score (nSPS) is 10.1. The number of halogens is 1. The molecule has 0 spiro atoms. The van der Waals surface area contributed by atoms with E-state index >= 15 is 0 Å². The van der Waals surface area contributed by atoms with Crippen LogP contribution in [-0.2, 0) is 9.16 Å². The summed E-state index contributed by atoms with van der Waals surface area (Å²) in [5.41, 5.74) is 3.81. The number of hydrogen-bond acceptors (Lipinski definition) is 2. The van der Waals surface area contributed by atoms with E-state index < -0.39 is 0 Å². The predicted molar refractivity (Wildman–Crippen MR) is 80.9 cm³/mol. The van der Waals surface area contributed by atoms with Crippen molar-refractivity contribution in [3.05, 3.63) is 59.7 Å². The Balaban J connectivity index is 2.46. The van der Waals surface area contributed by atoms with Gasteiger partial charge in [-0.05, 0) is 22.8 Å². The predicted octanol–water partition coefficient (Wildman–Crippen LogP) is 4.08. The van der Waals surface area contributed by atoms with Crippen LogP contribution in [0.3, 0.4) is 0 Å². The van der Waals surface area contributed by atoms with Crippen molar-refractivity contribution >= 4 is 28.6 Å². The van der Waals surface area contributed by atoms with Crippen molar-refractivity contribution in [1.29, 1.82) is 0 Å². The topological polar surface area (TPSA) is 26.3 Å². The molecular formula is C15H13IO2. The Morgan fingerprint density at radius 1 is 1.11 bits per heavy atom. The van der Waals surface area contributed by atoms with Gasteiger partial charge < -0.3 is 4.74 Å². The summed E-state index contributed by atoms with van der Waals surface area (Å²) in [6.45, 7) is 0. The third-order valence-electron chi connectivity index (χ3n) is 2.75. The van der Waals surface area contributed by atoms with E-state index in [1.54, 1.807) is 6.07 Å². The van der Waals surface area contributed by atoms with Crippen LogP contribution in [0.25, 0.3) is 11.1 Å². The van der Waals surface area contributed by atoms with Crippen LogP contribution in [0, 0.1) is 0 Å². The zero-order chi connectivity index (χ0) is 13.0. The Labute approximate surface area is 120 Å².